The number of hydrogen-bond acceptors (Lipinski definition) is 2. The number of carbonyl (C=O) groups excluding carboxylic acids is 1. The highest BCUT2D eigenvalue weighted by Crippen LogP contribution is 2.34. The highest BCUT2D eigenvalue weighted by Gasteiger charge is 2.26. The number of ketones is 1. The van der Waals surface area contributed by atoms with Gasteiger partial charge in [0.25, 0.3) is 0 Å². The van der Waals surface area contributed by atoms with Crippen LogP contribution < -0.4 is 4.74 Å². The Morgan fingerprint density at radius 2 is 1.76 bits per heavy atom. The van der Waals surface area contributed by atoms with Crippen LogP contribution in [0.3, 0.4) is 0 Å². The fraction of sp³-hybridized carbons (Fsp3) is 0.133. The van der Waals surface area contributed by atoms with Gasteiger partial charge in [0.1, 0.15) is 11.9 Å². The molecule has 0 spiro atoms. The third kappa shape index (κ3) is 1.82. The molecule has 1 aliphatic heterocycles. The highest BCUT2D eigenvalue weighted by molar-refractivity contribution is 5.99. The average molecular weight is 225 g/mol. The number of benzene rings is 2. The average Bonchev–Trinajstić information content (AvgIpc) is 2.44. The molecule has 2 nitrogen and oxygen atoms in total. The largest absolute Gasteiger partial charge is 0.484 e. The van der Waals surface area contributed by atoms with Gasteiger partial charge in [0, 0.05) is 1.37 Å². The number of fused-ring (bicyclic) bond motifs is 1. The lowest BCUT2D eigenvalue weighted by Gasteiger charge is -2.25. The summed E-state index contributed by atoms with van der Waals surface area (Å²) >= 11 is 0. The molecule has 2 aromatic rings. The Morgan fingerprint density at radius 1 is 1.06 bits per heavy atom. The Hall–Kier alpha value is -2.09. The minimum Gasteiger partial charge on any atom is -0.484 e. The number of rotatable bonds is 1. The van der Waals surface area contributed by atoms with E-state index in [0.717, 1.165) is 5.56 Å². The summed E-state index contributed by atoms with van der Waals surface area (Å²) in [6.45, 7) is 0. The molecular weight excluding hydrogens is 212 g/mol. The third-order valence-corrected chi connectivity index (χ3v) is 2.84. The summed E-state index contributed by atoms with van der Waals surface area (Å²) in [5, 5.41) is 0. The van der Waals surface area contributed by atoms with E-state index in [1.807, 2.05) is 36.4 Å². The summed E-state index contributed by atoms with van der Waals surface area (Å²) in [7, 11) is 0. The molecule has 0 fully saturated rings. The molecule has 2 aromatic carbocycles. The van der Waals surface area contributed by atoms with Gasteiger partial charge < -0.3 is 4.74 Å². The first-order valence-corrected chi connectivity index (χ1v) is 5.54. The van der Waals surface area contributed by atoms with Crippen LogP contribution in [0.25, 0.3) is 0 Å². The van der Waals surface area contributed by atoms with E-state index in [0.29, 0.717) is 11.3 Å². The number of ether oxygens (including phenoxy) is 1. The summed E-state index contributed by atoms with van der Waals surface area (Å²) < 4.78 is 13.8. The second-order valence-electron chi connectivity index (χ2n) is 3.98. The molecule has 0 aromatic heterocycles. The Morgan fingerprint density at radius 3 is 2.59 bits per heavy atom. The molecule has 1 aliphatic rings. The molecule has 17 heavy (non-hydrogen) atoms. The predicted molar refractivity (Wildman–Crippen MR) is 65.2 cm³/mol. The zero-order chi connectivity index (χ0) is 12.5. The van der Waals surface area contributed by atoms with Crippen LogP contribution in [-0.2, 0) is 0 Å². The lowest BCUT2D eigenvalue weighted by Crippen LogP contribution is -2.20. The Labute approximate surface area is 101 Å². The second kappa shape index (κ2) is 4.06. The second-order valence-corrected chi connectivity index (χ2v) is 3.98. The SMILES string of the molecule is [2H]C1C(=O)c2ccccc2OC1c1ccccc1. The molecule has 2 unspecified atom stereocenters. The van der Waals surface area contributed by atoms with Crippen LogP contribution in [0.2, 0.25) is 0 Å². The van der Waals surface area contributed by atoms with Crippen LogP contribution in [0.15, 0.2) is 54.6 Å². The maximum absolute atomic E-state index is 12.1. The van der Waals surface area contributed by atoms with E-state index in [1.165, 1.54) is 0 Å². The molecule has 0 bridgehead atoms. The maximum Gasteiger partial charge on any atom is 0.170 e. The summed E-state index contributed by atoms with van der Waals surface area (Å²) in [6.07, 6.45) is -1.42. The van der Waals surface area contributed by atoms with Gasteiger partial charge in [-0.1, -0.05) is 42.5 Å². The number of para-hydroxylation sites is 1. The van der Waals surface area contributed by atoms with Gasteiger partial charge in [0.15, 0.2) is 5.78 Å². The molecule has 0 saturated carbocycles. The molecule has 0 saturated heterocycles. The monoisotopic (exact) mass is 225 g/mol. The smallest absolute Gasteiger partial charge is 0.170 e. The van der Waals surface area contributed by atoms with Crippen LogP contribution in [0, 0.1) is 0 Å². The van der Waals surface area contributed by atoms with E-state index in [9.17, 15) is 4.79 Å². The fourth-order valence-electron chi connectivity index (χ4n) is 1.98. The van der Waals surface area contributed by atoms with E-state index in [-0.39, 0.29) is 5.78 Å². The minimum atomic E-state index is -0.901. The van der Waals surface area contributed by atoms with Gasteiger partial charge in [-0.3, -0.25) is 4.79 Å². The zero-order valence-electron chi connectivity index (χ0n) is 10.2. The molecule has 0 aliphatic carbocycles. The van der Waals surface area contributed by atoms with Crippen molar-refractivity contribution in [1.29, 1.82) is 0 Å². The van der Waals surface area contributed by atoms with E-state index >= 15 is 0 Å². The summed E-state index contributed by atoms with van der Waals surface area (Å²) in [6, 6.07) is 16.5. The Balaban J connectivity index is 2.04. The lowest BCUT2D eigenvalue weighted by molar-refractivity contribution is 0.0850. The van der Waals surface area contributed by atoms with Crippen LogP contribution in [0.1, 0.15) is 29.8 Å². The van der Waals surface area contributed by atoms with Crippen LogP contribution in [-0.4, -0.2) is 5.78 Å². The molecular formula is C15H12O2. The van der Waals surface area contributed by atoms with Crippen molar-refractivity contribution in [2.45, 2.75) is 12.5 Å². The van der Waals surface area contributed by atoms with Crippen molar-refractivity contribution in [3.05, 3.63) is 65.7 Å². The van der Waals surface area contributed by atoms with Gasteiger partial charge in [-0.05, 0) is 17.7 Å². The zero-order valence-corrected chi connectivity index (χ0v) is 9.17. The molecule has 84 valence electrons. The first kappa shape index (κ1) is 8.99. The van der Waals surface area contributed by atoms with Gasteiger partial charge in [-0.25, -0.2) is 0 Å². The molecule has 1 heterocycles. The first-order valence-electron chi connectivity index (χ1n) is 6.12. The van der Waals surface area contributed by atoms with E-state index < -0.39 is 12.5 Å². The predicted octanol–water partition coefficient (Wildman–Crippen LogP) is 3.39. The van der Waals surface area contributed by atoms with E-state index in [1.54, 1.807) is 18.2 Å². The first-order chi connectivity index (χ1) is 8.77. The van der Waals surface area contributed by atoms with Crippen LogP contribution in [0.4, 0.5) is 0 Å². The summed E-state index contributed by atoms with van der Waals surface area (Å²) in [5.74, 6) is 0.394. The summed E-state index contributed by atoms with van der Waals surface area (Å²) in [4.78, 5) is 12.1. The Bertz CT molecular complexity index is 580. The van der Waals surface area contributed by atoms with Crippen molar-refractivity contribution >= 4 is 5.78 Å². The molecule has 2 heteroatoms. The molecule has 0 radical (unpaired) electrons. The third-order valence-electron chi connectivity index (χ3n) is 2.84. The maximum atomic E-state index is 12.1. The van der Waals surface area contributed by atoms with Crippen molar-refractivity contribution < 1.29 is 10.9 Å². The molecule has 0 N–H and O–H groups in total. The lowest BCUT2D eigenvalue weighted by atomic mass is 9.96. The van der Waals surface area contributed by atoms with Crippen molar-refractivity contribution in [2.24, 2.45) is 0 Å². The molecule has 0 amide bonds. The Kier molecular flexibility index (Phi) is 2.15. The number of Topliss-reactive ketones (excluding diaryl/α,β-unsaturated/α-hetero) is 1. The van der Waals surface area contributed by atoms with Crippen molar-refractivity contribution in [1.82, 2.24) is 0 Å². The van der Waals surface area contributed by atoms with Crippen LogP contribution >= 0.6 is 0 Å². The van der Waals surface area contributed by atoms with Gasteiger partial charge in [-0.2, -0.15) is 0 Å². The van der Waals surface area contributed by atoms with Crippen LogP contribution in [0.5, 0.6) is 5.75 Å². The van der Waals surface area contributed by atoms with Crippen molar-refractivity contribution in [3.8, 4) is 5.75 Å². The standard InChI is InChI=1S/C15H12O2/c16-13-10-15(11-6-2-1-3-7-11)17-14-9-5-4-8-12(13)14/h1-9,15H,10H2/i10D. The van der Waals surface area contributed by atoms with Crippen molar-refractivity contribution in [3.63, 3.8) is 0 Å². The number of hydrogen-bond donors (Lipinski definition) is 0. The molecule has 3 rings (SSSR count). The normalized spacial score (nSPS) is 23.5. The van der Waals surface area contributed by atoms with E-state index in [2.05, 4.69) is 0 Å². The molecule has 2 atom stereocenters. The fourth-order valence-corrected chi connectivity index (χ4v) is 1.98. The van der Waals surface area contributed by atoms with Crippen molar-refractivity contribution in [2.75, 3.05) is 0 Å². The van der Waals surface area contributed by atoms with E-state index in [4.69, 9.17) is 6.11 Å². The quantitative estimate of drug-likeness (QED) is 0.743. The van der Waals surface area contributed by atoms with Gasteiger partial charge >= 0.3 is 0 Å². The summed E-state index contributed by atoms with van der Waals surface area (Å²) in [5.41, 5.74) is 1.37. The highest BCUT2D eigenvalue weighted by atomic mass is 16.5. The topological polar surface area (TPSA) is 26.3 Å². The van der Waals surface area contributed by atoms with Gasteiger partial charge in [-0.15, -0.1) is 0 Å². The van der Waals surface area contributed by atoms with Gasteiger partial charge in [0.2, 0.25) is 0 Å². The van der Waals surface area contributed by atoms with Gasteiger partial charge in [0.05, 0.1) is 12.0 Å². The number of carbonyl (C=O) groups is 1. The minimum absolute atomic E-state index is 0.175.